The summed E-state index contributed by atoms with van der Waals surface area (Å²) in [6.45, 7) is 7.03. The van der Waals surface area contributed by atoms with Crippen LogP contribution in [0.2, 0.25) is 0 Å². The molecule has 0 bridgehead atoms. The highest BCUT2D eigenvalue weighted by molar-refractivity contribution is 9.10. The molecule has 0 amide bonds. The van der Waals surface area contributed by atoms with Crippen LogP contribution in [0.25, 0.3) is 0 Å². The Kier molecular flexibility index (Phi) is 4.87. The minimum absolute atomic E-state index is 0.216. The van der Waals surface area contributed by atoms with E-state index in [4.69, 9.17) is 0 Å². The number of benzene rings is 1. The molecule has 0 saturated carbocycles. The van der Waals surface area contributed by atoms with Crippen LogP contribution in [0.3, 0.4) is 0 Å². The molecule has 1 saturated heterocycles. The van der Waals surface area contributed by atoms with Crippen molar-refractivity contribution >= 4 is 33.5 Å². The Morgan fingerprint density at radius 3 is 2.39 bits per heavy atom. The van der Waals surface area contributed by atoms with E-state index >= 15 is 0 Å². The molecule has 0 radical (unpaired) electrons. The molecule has 1 aliphatic heterocycles. The molecule has 2 rings (SSSR count). The average molecular weight is 328 g/mol. The highest BCUT2D eigenvalue weighted by Gasteiger charge is 2.23. The van der Waals surface area contributed by atoms with Gasteiger partial charge >= 0.3 is 0 Å². The number of carbonyl (C=O) groups is 1. The summed E-state index contributed by atoms with van der Waals surface area (Å²) in [5.41, 5.74) is 0.803. The molecule has 4 heteroatoms. The van der Waals surface area contributed by atoms with Crippen molar-refractivity contribution in [1.29, 1.82) is 0 Å². The van der Waals surface area contributed by atoms with Gasteiger partial charge in [-0.05, 0) is 12.1 Å². The van der Waals surface area contributed by atoms with E-state index < -0.39 is 0 Å². The van der Waals surface area contributed by atoms with Crippen molar-refractivity contribution in [2.75, 3.05) is 19.6 Å². The number of Topliss-reactive ketones (excluding diaryl/α,β-unsaturated/α-hetero) is 1. The van der Waals surface area contributed by atoms with Gasteiger partial charge < -0.3 is 0 Å². The second-order valence-corrected chi connectivity index (χ2v) is 7.68. The van der Waals surface area contributed by atoms with Crippen LogP contribution in [0.4, 0.5) is 0 Å². The third kappa shape index (κ3) is 3.84. The van der Waals surface area contributed by atoms with Crippen molar-refractivity contribution in [2.24, 2.45) is 0 Å². The van der Waals surface area contributed by atoms with E-state index in [0.717, 1.165) is 23.1 Å². The zero-order valence-electron chi connectivity index (χ0n) is 10.7. The van der Waals surface area contributed by atoms with Crippen LogP contribution in [0, 0.1) is 0 Å². The molecule has 18 heavy (non-hydrogen) atoms. The van der Waals surface area contributed by atoms with E-state index in [1.807, 2.05) is 36.0 Å². The van der Waals surface area contributed by atoms with Crippen molar-refractivity contribution in [2.45, 2.75) is 24.3 Å². The highest BCUT2D eigenvalue weighted by Crippen LogP contribution is 2.24. The predicted octanol–water partition coefficient (Wildman–Crippen LogP) is 3.46. The van der Waals surface area contributed by atoms with Crippen LogP contribution in [0.15, 0.2) is 28.7 Å². The monoisotopic (exact) mass is 327 g/mol. The summed E-state index contributed by atoms with van der Waals surface area (Å²) in [5.74, 6) is 0.216. The molecular weight excluding hydrogens is 310 g/mol. The maximum atomic E-state index is 12.2. The third-order valence-corrected chi connectivity index (χ3v) is 4.78. The highest BCUT2D eigenvalue weighted by atomic mass is 79.9. The quantitative estimate of drug-likeness (QED) is 0.793. The Hall–Kier alpha value is -0.320. The Morgan fingerprint density at radius 1 is 1.28 bits per heavy atom. The summed E-state index contributed by atoms with van der Waals surface area (Å²) < 4.78 is 1.01. The van der Waals surface area contributed by atoms with E-state index in [1.165, 1.54) is 0 Å². The van der Waals surface area contributed by atoms with Gasteiger partial charge in [-0.1, -0.05) is 41.9 Å². The summed E-state index contributed by atoms with van der Waals surface area (Å²) in [5, 5.41) is 1.23. The van der Waals surface area contributed by atoms with Gasteiger partial charge in [0.2, 0.25) is 0 Å². The molecule has 2 atom stereocenters. The summed E-state index contributed by atoms with van der Waals surface area (Å²) >= 11 is 5.39. The van der Waals surface area contributed by atoms with Crippen molar-refractivity contribution < 1.29 is 4.79 Å². The van der Waals surface area contributed by atoms with E-state index in [9.17, 15) is 4.79 Å². The molecule has 98 valence electrons. The largest absolute Gasteiger partial charge is 0.294 e. The van der Waals surface area contributed by atoms with E-state index in [1.54, 1.807) is 0 Å². The number of halogens is 1. The second-order valence-electron chi connectivity index (χ2n) is 4.88. The Bertz CT molecular complexity index is 410. The first-order valence-electron chi connectivity index (χ1n) is 6.21. The maximum Gasteiger partial charge on any atom is 0.176 e. The molecule has 1 heterocycles. The minimum atomic E-state index is 0.216. The van der Waals surface area contributed by atoms with Crippen LogP contribution < -0.4 is 0 Å². The lowest BCUT2D eigenvalue weighted by molar-refractivity contribution is 0.0930. The van der Waals surface area contributed by atoms with Crippen LogP contribution >= 0.6 is 27.7 Å². The Labute approximate surface area is 121 Å². The minimum Gasteiger partial charge on any atom is -0.294 e. The van der Waals surface area contributed by atoms with Gasteiger partial charge in [0.05, 0.1) is 6.54 Å². The van der Waals surface area contributed by atoms with Gasteiger partial charge in [-0.25, -0.2) is 0 Å². The number of thioether (sulfide) groups is 1. The molecule has 0 aliphatic carbocycles. The number of hydrogen-bond donors (Lipinski definition) is 0. The van der Waals surface area contributed by atoms with E-state index in [0.29, 0.717) is 17.0 Å². The lowest BCUT2D eigenvalue weighted by atomic mass is 10.1. The van der Waals surface area contributed by atoms with Crippen molar-refractivity contribution in [3.05, 3.63) is 34.3 Å². The molecule has 0 N–H and O–H groups in total. The Morgan fingerprint density at radius 2 is 1.83 bits per heavy atom. The zero-order chi connectivity index (χ0) is 13.1. The standard InChI is InChI=1S/C14H18BrNOS/c1-10-7-16(8-11(2)18-10)9-14(17)12-3-5-13(15)6-4-12/h3-6,10-11H,7-9H2,1-2H3. The van der Waals surface area contributed by atoms with E-state index in [2.05, 4.69) is 34.7 Å². The normalized spacial score (nSPS) is 25.1. The lowest BCUT2D eigenvalue weighted by Gasteiger charge is -2.34. The third-order valence-electron chi connectivity index (χ3n) is 3.03. The number of hydrogen-bond acceptors (Lipinski definition) is 3. The van der Waals surface area contributed by atoms with Gasteiger partial charge in [0.25, 0.3) is 0 Å². The molecule has 1 aromatic carbocycles. The van der Waals surface area contributed by atoms with Crippen molar-refractivity contribution in [1.82, 2.24) is 4.90 Å². The molecule has 2 nitrogen and oxygen atoms in total. The molecule has 1 aliphatic rings. The van der Waals surface area contributed by atoms with Crippen LogP contribution in [-0.4, -0.2) is 40.8 Å². The molecule has 0 spiro atoms. The predicted molar refractivity (Wildman–Crippen MR) is 81.4 cm³/mol. The number of carbonyl (C=O) groups excluding carboxylic acids is 1. The van der Waals surface area contributed by atoms with Gasteiger partial charge in [0, 0.05) is 33.6 Å². The molecule has 1 aromatic rings. The van der Waals surface area contributed by atoms with Crippen LogP contribution in [0.5, 0.6) is 0 Å². The molecular formula is C14H18BrNOS. The summed E-state index contributed by atoms with van der Waals surface area (Å²) in [4.78, 5) is 14.4. The SMILES string of the molecule is CC1CN(CC(=O)c2ccc(Br)cc2)CC(C)S1. The van der Waals surface area contributed by atoms with Crippen LogP contribution in [-0.2, 0) is 0 Å². The van der Waals surface area contributed by atoms with Gasteiger partial charge in [-0.3, -0.25) is 9.69 Å². The first-order chi connectivity index (χ1) is 8.54. The maximum absolute atomic E-state index is 12.2. The number of nitrogens with zero attached hydrogens (tertiary/aromatic N) is 1. The average Bonchev–Trinajstić information content (AvgIpc) is 2.28. The molecule has 1 fully saturated rings. The Balaban J connectivity index is 1.96. The lowest BCUT2D eigenvalue weighted by Crippen LogP contribution is -2.42. The summed E-state index contributed by atoms with van der Waals surface area (Å²) in [6, 6.07) is 7.62. The second kappa shape index (κ2) is 6.22. The number of rotatable bonds is 3. The summed E-state index contributed by atoms with van der Waals surface area (Å²) in [7, 11) is 0. The number of ketones is 1. The zero-order valence-corrected chi connectivity index (χ0v) is 13.1. The smallest absolute Gasteiger partial charge is 0.176 e. The van der Waals surface area contributed by atoms with Crippen molar-refractivity contribution in [3.63, 3.8) is 0 Å². The van der Waals surface area contributed by atoms with Gasteiger partial charge in [-0.2, -0.15) is 11.8 Å². The van der Waals surface area contributed by atoms with Crippen molar-refractivity contribution in [3.8, 4) is 0 Å². The van der Waals surface area contributed by atoms with Crippen LogP contribution in [0.1, 0.15) is 24.2 Å². The summed E-state index contributed by atoms with van der Waals surface area (Å²) in [6.07, 6.45) is 0. The van der Waals surface area contributed by atoms with Gasteiger partial charge in [-0.15, -0.1) is 0 Å². The fourth-order valence-electron chi connectivity index (χ4n) is 2.34. The first-order valence-corrected chi connectivity index (χ1v) is 7.95. The van der Waals surface area contributed by atoms with Gasteiger partial charge in [0.1, 0.15) is 0 Å². The topological polar surface area (TPSA) is 20.3 Å². The first kappa shape index (κ1) is 14.1. The molecule has 0 aromatic heterocycles. The molecule has 2 unspecified atom stereocenters. The van der Waals surface area contributed by atoms with Gasteiger partial charge in [0.15, 0.2) is 5.78 Å². The fraction of sp³-hybridized carbons (Fsp3) is 0.500. The van der Waals surface area contributed by atoms with E-state index in [-0.39, 0.29) is 5.78 Å². The fourth-order valence-corrected chi connectivity index (χ4v) is 3.99.